The molecule has 1 aliphatic rings. The van der Waals surface area contributed by atoms with Crippen LogP contribution in [0.3, 0.4) is 0 Å². The quantitative estimate of drug-likeness (QED) is 0.845. The van der Waals surface area contributed by atoms with Gasteiger partial charge in [-0.15, -0.1) is 0 Å². The molecule has 6 nitrogen and oxygen atoms in total. The van der Waals surface area contributed by atoms with Gasteiger partial charge in [-0.2, -0.15) is 0 Å². The van der Waals surface area contributed by atoms with E-state index in [4.69, 9.17) is 33.0 Å². The molecule has 126 valence electrons. The second-order valence-electron chi connectivity index (χ2n) is 5.28. The molecule has 0 bridgehead atoms. The van der Waals surface area contributed by atoms with Gasteiger partial charge in [0.25, 0.3) is 0 Å². The van der Waals surface area contributed by atoms with Gasteiger partial charge in [0.2, 0.25) is 0 Å². The van der Waals surface area contributed by atoms with Gasteiger partial charge in [0.05, 0.1) is 23.0 Å². The molecule has 2 rings (SSSR count). The van der Waals surface area contributed by atoms with Gasteiger partial charge in [0.15, 0.2) is 0 Å². The predicted octanol–water partition coefficient (Wildman–Crippen LogP) is 3.02. The van der Waals surface area contributed by atoms with Crippen LogP contribution in [0.15, 0.2) is 18.2 Å². The number of carbonyl (C=O) groups is 2. The maximum atomic E-state index is 12.0. The maximum Gasteiger partial charge on any atom is 0.317 e. The van der Waals surface area contributed by atoms with Gasteiger partial charge in [-0.25, -0.2) is 4.79 Å². The molecule has 0 saturated carbocycles. The average Bonchev–Trinajstić information content (AvgIpc) is 2.51. The minimum absolute atomic E-state index is 0.0945. The Morgan fingerprint density at radius 1 is 1.35 bits per heavy atom. The van der Waals surface area contributed by atoms with Crippen molar-refractivity contribution in [2.45, 2.75) is 25.4 Å². The zero-order valence-electron chi connectivity index (χ0n) is 12.4. The number of likely N-dealkylation sites (tertiary alicyclic amines) is 1. The summed E-state index contributed by atoms with van der Waals surface area (Å²) in [6, 6.07) is 4.78. The van der Waals surface area contributed by atoms with Crippen molar-refractivity contribution >= 4 is 35.2 Å². The Morgan fingerprint density at radius 3 is 2.83 bits per heavy atom. The van der Waals surface area contributed by atoms with Crippen LogP contribution in [0.5, 0.6) is 5.75 Å². The van der Waals surface area contributed by atoms with Gasteiger partial charge >= 0.3 is 12.0 Å². The largest absolute Gasteiger partial charge is 0.489 e. The highest BCUT2D eigenvalue weighted by molar-refractivity contribution is 6.42. The first-order chi connectivity index (χ1) is 11.0. The number of carboxylic acids is 1. The lowest BCUT2D eigenvalue weighted by Crippen LogP contribution is -2.48. The highest BCUT2D eigenvalue weighted by atomic mass is 35.5. The van der Waals surface area contributed by atoms with Crippen LogP contribution >= 0.6 is 23.2 Å². The SMILES string of the molecule is O=C(O)CCNC(=O)N1CCCC(Oc2ccc(Cl)c(Cl)c2)C1. The number of amides is 2. The van der Waals surface area contributed by atoms with Crippen LogP contribution in [0.25, 0.3) is 0 Å². The number of nitrogens with one attached hydrogen (secondary N) is 1. The number of hydrogen-bond donors (Lipinski definition) is 2. The van der Waals surface area contributed by atoms with Crippen molar-refractivity contribution in [3.05, 3.63) is 28.2 Å². The Bertz CT molecular complexity index is 583. The lowest BCUT2D eigenvalue weighted by atomic mass is 10.1. The maximum absolute atomic E-state index is 12.0. The number of nitrogens with zero attached hydrogens (tertiary/aromatic N) is 1. The topological polar surface area (TPSA) is 78.9 Å². The lowest BCUT2D eigenvalue weighted by Gasteiger charge is -2.33. The molecule has 1 fully saturated rings. The van der Waals surface area contributed by atoms with E-state index in [1.54, 1.807) is 23.1 Å². The molecule has 1 heterocycles. The Morgan fingerprint density at radius 2 is 2.13 bits per heavy atom. The molecular formula is C15H18Cl2N2O4. The predicted molar refractivity (Wildman–Crippen MR) is 87.3 cm³/mol. The molecule has 1 unspecified atom stereocenters. The van der Waals surface area contributed by atoms with E-state index in [-0.39, 0.29) is 25.1 Å². The third kappa shape index (κ3) is 5.48. The van der Waals surface area contributed by atoms with E-state index in [0.29, 0.717) is 28.9 Å². The summed E-state index contributed by atoms with van der Waals surface area (Å²) in [5.41, 5.74) is 0. The molecular weight excluding hydrogens is 343 g/mol. The Balaban J connectivity index is 1.86. The molecule has 23 heavy (non-hydrogen) atoms. The van der Waals surface area contributed by atoms with Crippen molar-refractivity contribution in [3.63, 3.8) is 0 Å². The summed E-state index contributed by atoms with van der Waals surface area (Å²) in [5.74, 6) is -0.331. The number of carboxylic acid groups (broad SMARTS) is 1. The summed E-state index contributed by atoms with van der Waals surface area (Å²) in [5, 5.41) is 12.1. The number of carbonyl (C=O) groups excluding carboxylic acids is 1. The zero-order valence-corrected chi connectivity index (χ0v) is 13.9. The van der Waals surface area contributed by atoms with Gasteiger partial charge in [-0.3, -0.25) is 4.79 Å². The first kappa shape index (κ1) is 17.7. The van der Waals surface area contributed by atoms with E-state index in [1.165, 1.54) is 0 Å². The van der Waals surface area contributed by atoms with Crippen molar-refractivity contribution in [3.8, 4) is 5.75 Å². The molecule has 0 spiro atoms. The summed E-state index contributed by atoms with van der Waals surface area (Å²) in [6.07, 6.45) is 1.42. The summed E-state index contributed by atoms with van der Waals surface area (Å²) >= 11 is 11.8. The minimum Gasteiger partial charge on any atom is -0.489 e. The summed E-state index contributed by atoms with van der Waals surface area (Å²) < 4.78 is 5.86. The van der Waals surface area contributed by atoms with E-state index in [9.17, 15) is 9.59 Å². The lowest BCUT2D eigenvalue weighted by molar-refractivity contribution is -0.136. The van der Waals surface area contributed by atoms with E-state index < -0.39 is 5.97 Å². The number of ether oxygens (including phenoxy) is 1. The number of hydrogen-bond acceptors (Lipinski definition) is 3. The standard InChI is InChI=1S/C15H18Cl2N2O4/c16-12-4-3-10(8-13(12)17)23-11-2-1-7-19(9-11)15(22)18-6-5-14(20)21/h3-4,8,11H,1-2,5-7,9H2,(H,18,22)(H,20,21). The molecule has 1 saturated heterocycles. The number of piperidine rings is 1. The summed E-state index contributed by atoms with van der Waals surface area (Å²) in [7, 11) is 0. The van der Waals surface area contributed by atoms with E-state index in [2.05, 4.69) is 5.32 Å². The zero-order chi connectivity index (χ0) is 16.8. The second kappa shape index (κ2) is 8.26. The molecule has 1 aromatic rings. The fraction of sp³-hybridized carbons (Fsp3) is 0.467. The summed E-state index contributed by atoms with van der Waals surface area (Å²) in [4.78, 5) is 24.1. The fourth-order valence-electron chi connectivity index (χ4n) is 2.35. The van der Waals surface area contributed by atoms with Crippen LogP contribution in [0.4, 0.5) is 4.79 Å². The minimum atomic E-state index is -0.940. The molecule has 8 heteroatoms. The highest BCUT2D eigenvalue weighted by Gasteiger charge is 2.25. The van der Waals surface area contributed by atoms with Crippen molar-refractivity contribution in [1.82, 2.24) is 10.2 Å². The van der Waals surface area contributed by atoms with Crippen LogP contribution in [-0.2, 0) is 4.79 Å². The third-order valence-electron chi connectivity index (χ3n) is 3.47. The number of rotatable bonds is 5. The van der Waals surface area contributed by atoms with Gasteiger partial charge in [-0.1, -0.05) is 23.2 Å². The van der Waals surface area contributed by atoms with Crippen LogP contribution in [0, 0.1) is 0 Å². The number of urea groups is 1. The smallest absolute Gasteiger partial charge is 0.317 e. The Hall–Kier alpha value is -1.66. The van der Waals surface area contributed by atoms with E-state index in [1.807, 2.05) is 0 Å². The Kier molecular flexibility index (Phi) is 6.36. The van der Waals surface area contributed by atoms with Crippen molar-refractivity contribution in [1.29, 1.82) is 0 Å². The first-order valence-corrected chi connectivity index (χ1v) is 8.07. The van der Waals surface area contributed by atoms with Crippen molar-refractivity contribution in [2.75, 3.05) is 19.6 Å². The van der Waals surface area contributed by atoms with Gasteiger partial charge in [0, 0.05) is 19.2 Å². The molecule has 1 atom stereocenters. The number of aliphatic carboxylic acids is 1. The average molecular weight is 361 g/mol. The highest BCUT2D eigenvalue weighted by Crippen LogP contribution is 2.28. The first-order valence-electron chi connectivity index (χ1n) is 7.32. The second-order valence-corrected chi connectivity index (χ2v) is 6.09. The van der Waals surface area contributed by atoms with Gasteiger partial charge < -0.3 is 20.1 Å². The number of halogens is 2. The van der Waals surface area contributed by atoms with Gasteiger partial charge in [0.1, 0.15) is 11.9 Å². The molecule has 2 N–H and O–H groups in total. The summed E-state index contributed by atoms with van der Waals surface area (Å²) in [6.45, 7) is 1.18. The molecule has 0 aromatic heterocycles. The fourth-order valence-corrected chi connectivity index (χ4v) is 2.64. The van der Waals surface area contributed by atoms with Crippen LogP contribution in [-0.4, -0.2) is 47.7 Å². The molecule has 2 amide bonds. The Labute approximate surface area is 144 Å². The normalized spacial score (nSPS) is 17.7. The van der Waals surface area contributed by atoms with E-state index in [0.717, 1.165) is 12.8 Å². The van der Waals surface area contributed by atoms with Crippen molar-refractivity contribution in [2.24, 2.45) is 0 Å². The van der Waals surface area contributed by atoms with Crippen molar-refractivity contribution < 1.29 is 19.4 Å². The molecule has 1 aromatic carbocycles. The molecule has 0 radical (unpaired) electrons. The molecule has 1 aliphatic heterocycles. The third-order valence-corrected chi connectivity index (χ3v) is 4.21. The monoisotopic (exact) mass is 360 g/mol. The van der Waals surface area contributed by atoms with Crippen LogP contribution in [0.1, 0.15) is 19.3 Å². The number of benzene rings is 1. The molecule has 0 aliphatic carbocycles. The van der Waals surface area contributed by atoms with Crippen LogP contribution in [0.2, 0.25) is 10.0 Å². The van der Waals surface area contributed by atoms with Gasteiger partial charge in [-0.05, 0) is 25.0 Å². The van der Waals surface area contributed by atoms with E-state index >= 15 is 0 Å². The van der Waals surface area contributed by atoms with Crippen LogP contribution < -0.4 is 10.1 Å².